The SMILES string of the molecule is CCN(CC)CCOc1ccc(-c2cc3c(Oc4ccc(CC(=O)CC5CC5)c(Cl)c4)ncnc3n2COCC[Si](C)(C)C)cc1. The molecule has 8 nitrogen and oxygen atoms in total. The number of likely N-dealkylation sites (N-methyl/N-ethyl adjacent to an activating group) is 1. The van der Waals surface area contributed by atoms with Crippen molar-refractivity contribution in [3.8, 4) is 28.6 Å². The van der Waals surface area contributed by atoms with Gasteiger partial charge in [-0.25, -0.2) is 9.97 Å². The van der Waals surface area contributed by atoms with Crippen LogP contribution < -0.4 is 9.47 Å². The van der Waals surface area contributed by atoms with Crippen molar-refractivity contribution in [3.05, 3.63) is 65.4 Å². The fraction of sp³-hybridized carbons (Fsp3) is 0.472. The Morgan fingerprint density at radius 1 is 1.00 bits per heavy atom. The molecule has 0 aliphatic heterocycles. The molecule has 2 aromatic heterocycles. The number of fused-ring (bicyclic) bond motifs is 1. The van der Waals surface area contributed by atoms with Crippen LogP contribution in [0.2, 0.25) is 30.7 Å². The minimum absolute atomic E-state index is 0.232. The molecule has 5 rings (SSSR count). The number of benzene rings is 2. The summed E-state index contributed by atoms with van der Waals surface area (Å²) in [6.07, 6.45) is 4.81. The summed E-state index contributed by atoms with van der Waals surface area (Å²) >= 11 is 6.60. The van der Waals surface area contributed by atoms with Gasteiger partial charge in [0.1, 0.15) is 42.6 Å². The topological polar surface area (TPSA) is 78.7 Å². The van der Waals surface area contributed by atoms with Gasteiger partial charge in [-0.3, -0.25) is 4.79 Å². The number of ether oxygens (including phenoxy) is 3. The molecule has 1 saturated carbocycles. The maximum atomic E-state index is 12.4. The summed E-state index contributed by atoms with van der Waals surface area (Å²) in [5, 5.41) is 1.28. The second kappa shape index (κ2) is 15.6. The van der Waals surface area contributed by atoms with Crippen LogP contribution in [0, 0.1) is 5.92 Å². The normalized spacial score (nSPS) is 13.5. The second-order valence-electron chi connectivity index (χ2n) is 13.3. The molecule has 46 heavy (non-hydrogen) atoms. The predicted molar refractivity (Wildman–Crippen MR) is 188 cm³/mol. The standard InChI is InChI=1S/C36H47ClN4O4Si/c1-6-40(7-2)16-17-44-30-13-10-27(11-14-30)34-23-32-35(41(34)25-43-18-19-46(3,4)5)38-24-39-36(32)45-31-15-12-28(33(37)22-31)21-29(42)20-26-8-9-26/h10-15,22-24,26H,6-9,16-21,25H2,1-5H3. The highest BCUT2D eigenvalue weighted by atomic mass is 35.5. The minimum atomic E-state index is -1.24. The Bertz CT molecular complexity index is 1610. The smallest absolute Gasteiger partial charge is 0.231 e. The van der Waals surface area contributed by atoms with Gasteiger partial charge in [-0.1, -0.05) is 51.2 Å². The summed E-state index contributed by atoms with van der Waals surface area (Å²) in [6, 6.07) is 16.7. The number of nitrogens with zero attached hydrogens (tertiary/aromatic N) is 4. The third-order valence-electron chi connectivity index (χ3n) is 8.43. The monoisotopic (exact) mass is 662 g/mol. The molecule has 2 aromatic carbocycles. The molecule has 0 saturated heterocycles. The van der Waals surface area contributed by atoms with Crippen molar-refractivity contribution in [1.29, 1.82) is 0 Å². The van der Waals surface area contributed by atoms with Crippen LogP contribution in [0.25, 0.3) is 22.3 Å². The lowest BCUT2D eigenvalue weighted by Gasteiger charge is -2.18. The van der Waals surface area contributed by atoms with E-state index in [2.05, 4.69) is 71.1 Å². The third-order valence-corrected chi connectivity index (χ3v) is 10.5. The molecule has 0 atom stereocenters. The Morgan fingerprint density at radius 3 is 2.41 bits per heavy atom. The van der Waals surface area contributed by atoms with E-state index in [1.165, 1.54) is 6.33 Å². The van der Waals surface area contributed by atoms with Crippen LogP contribution in [-0.4, -0.2) is 66.1 Å². The first-order valence-corrected chi connectivity index (χ1v) is 20.6. The summed E-state index contributed by atoms with van der Waals surface area (Å²) in [5.74, 6) is 2.61. The van der Waals surface area contributed by atoms with E-state index >= 15 is 0 Å². The molecule has 1 fully saturated rings. The summed E-state index contributed by atoms with van der Waals surface area (Å²) in [5.41, 5.74) is 3.50. The van der Waals surface area contributed by atoms with E-state index in [1.54, 1.807) is 6.07 Å². The Morgan fingerprint density at radius 2 is 1.74 bits per heavy atom. The molecule has 0 unspecified atom stereocenters. The summed E-state index contributed by atoms with van der Waals surface area (Å²) in [6.45, 7) is 16.0. The molecule has 1 aliphatic carbocycles. The molecular weight excluding hydrogens is 616 g/mol. The van der Waals surface area contributed by atoms with Crippen LogP contribution in [0.3, 0.4) is 0 Å². The lowest BCUT2D eigenvalue weighted by Crippen LogP contribution is -2.27. The van der Waals surface area contributed by atoms with Crippen molar-refractivity contribution < 1.29 is 19.0 Å². The zero-order valence-electron chi connectivity index (χ0n) is 27.9. The highest BCUT2D eigenvalue weighted by Gasteiger charge is 2.25. The first kappa shape index (κ1) is 34.1. The highest BCUT2D eigenvalue weighted by molar-refractivity contribution is 6.76. The molecule has 0 N–H and O–H groups in total. The number of aromatic nitrogens is 3. The van der Waals surface area contributed by atoms with Crippen LogP contribution in [0.15, 0.2) is 54.9 Å². The number of Topliss-reactive ketones (excluding diaryl/α,β-unsaturated/α-hetero) is 1. The fourth-order valence-electron chi connectivity index (χ4n) is 5.36. The fourth-order valence-corrected chi connectivity index (χ4v) is 6.35. The first-order valence-electron chi connectivity index (χ1n) is 16.5. The third kappa shape index (κ3) is 9.41. The van der Waals surface area contributed by atoms with Crippen LogP contribution in [0.5, 0.6) is 17.4 Å². The maximum absolute atomic E-state index is 12.4. The van der Waals surface area contributed by atoms with Crippen molar-refractivity contribution in [2.75, 3.05) is 32.8 Å². The van der Waals surface area contributed by atoms with Crippen LogP contribution in [0.4, 0.5) is 0 Å². The molecule has 0 amide bonds. The van der Waals surface area contributed by atoms with Gasteiger partial charge in [0.15, 0.2) is 0 Å². The molecule has 246 valence electrons. The van der Waals surface area contributed by atoms with Crippen molar-refractivity contribution >= 4 is 36.5 Å². The first-order chi connectivity index (χ1) is 22.1. The summed E-state index contributed by atoms with van der Waals surface area (Å²) < 4.78 is 20.6. The molecule has 2 heterocycles. The quantitative estimate of drug-likeness (QED) is 0.0781. The predicted octanol–water partition coefficient (Wildman–Crippen LogP) is 8.49. The van der Waals surface area contributed by atoms with Crippen molar-refractivity contribution in [1.82, 2.24) is 19.4 Å². The van der Waals surface area contributed by atoms with Crippen LogP contribution >= 0.6 is 11.6 Å². The lowest BCUT2D eigenvalue weighted by atomic mass is 10.0. The average Bonchev–Trinajstić information content (AvgIpc) is 3.76. The Hall–Kier alpha value is -3.24. The van der Waals surface area contributed by atoms with E-state index in [-0.39, 0.29) is 5.78 Å². The minimum Gasteiger partial charge on any atom is -0.492 e. The Balaban J connectivity index is 1.37. The molecule has 4 aromatic rings. The summed E-state index contributed by atoms with van der Waals surface area (Å²) in [7, 11) is -1.24. The van der Waals surface area contributed by atoms with Gasteiger partial charge in [-0.2, -0.15) is 0 Å². The summed E-state index contributed by atoms with van der Waals surface area (Å²) in [4.78, 5) is 23.9. The number of carbonyl (C=O) groups excluding carboxylic acids is 1. The number of ketones is 1. The van der Waals surface area contributed by atoms with E-state index in [0.717, 1.165) is 72.1 Å². The van der Waals surface area contributed by atoms with Crippen molar-refractivity contribution in [2.45, 2.75) is 71.9 Å². The largest absolute Gasteiger partial charge is 0.492 e. The Kier molecular flexibility index (Phi) is 11.5. The van der Waals surface area contributed by atoms with Crippen molar-refractivity contribution in [3.63, 3.8) is 0 Å². The average molecular weight is 663 g/mol. The van der Waals surface area contributed by atoms with E-state index in [4.69, 9.17) is 25.8 Å². The van der Waals surface area contributed by atoms with E-state index in [9.17, 15) is 4.79 Å². The second-order valence-corrected chi connectivity index (χ2v) is 19.4. The zero-order valence-corrected chi connectivity index (χ0v) is 29.6. The number of carbonyl (C=O) groups is 1. The zero-order chi connectivity index (χ0) is 32.7. The highest BCUT2D eigenvalue weighted by Crippen LogP contribution is 2.36. The van der Waals surface area contributed by atoms with Crippen LogP contribution in [0.1, 0.15) is 38.7 Å². The number of rotatable bonds is 18. The van der Waals surface area contributed by atoms with Gasteiger partial charge in [0, 0.05) is 39.1 Å². The lowest BCUT2D eigenvalue weighted by molar-refractivity contribution is -0.118. The number of halogens is 1. The van der Waals surface area contributed by atoms with Gasteiger partial charge in [0.05, 0.1) is 11.1 Å². The molecule has 10 heteroatoms. The molecule has 1 aliphatic rings. The van der Waals surface area contributed by atoms with E-state index in [0.29, 0.717) is 55.4 Å². The van der Waals surface area contributed by atoms with E-state index < -0.39 is 8.07 Å². The van der Waals surface area contributed by atoms with Crippen LogP contribution in [-0.2, 0) is 22.7 Å². The van der Waals surface area contributed by atoms with E-state index in [1.807, 2.05) is 24.3 Å². The van der Waals surface area contributed by atoms with Gasteiger partial charge in [-0.15, -0.1) is 0 Å². The number of hydrogen-bond donors (Lipinski definition) is 0. The molecule has 0 spiro atoms. The molecule has 0 radical (unpaired) electrons. The van der Waals surface area contributed by atoms with Gasteiger partial charge in [-0.05, 0) is 91.5 Å². The van der Waals surface area contributed by atoms with Gasteiger partial charge < -0.3 is 23.7 Å². The molecule has 0 bridgehead atoms. The Labute approximate surface area is 279 Å². The van der Waals surface area contributed by atoms with Gasteiger partial charge >= 0.3 is 0 Å². The van der Waals surface area contributed by atoms with Gasteiger partial charge in [0.25, 0.3) is 0 Å². The maximum Gasteiger partial charge on any atom is 0.231 e. The van der Waals surface area contributed by atoms with Crippen molar-refractivity contribution in [2.24, 2.45) is 5.92 Å². The van der Waals surface area contributed by atoms with Gasteiger partial charge in [0.2, 0.25) is 5.88 Å². The molecular formula is C36H47ClN4O4Si. The number of hydrogen-bond acceptors (Lipinski definition) is 7.